The van der Waals surface area contributed by atoms with Gasteiger partial charge in [0.25, 0.3) is 5.91 Å². The molecule has 8 nitrogen and oxygen atoms in total. The van der Waals surface area contributed by atoms with Crippen LogP contribution < -0.4 is 16.4 Å². The van der Waals surface area contributed by atoms with Crippen LogP contribution in [0.1, 0.15) is 33.9 Å². The zero-order valence-electron chi connectivity index (χ0n) is 19.8. The molecule has 1 aliphatic rings. The highest BCUT2D eigenvalue weighted by Gasteiger charge is 2.32. The van der Waals surface area contributed by atoms with E-state index in [0.717, 1.165) is 11.1 Å². The van der Waals surface area contributed by atoms with Crippen LogP contribution in [0.15, 0.2) is 91.3 Å². The van der Waals surface area contributed by atoms with Crippen LogP contribution in [0.3, 0.4) is 0 Å². The SMILES string of the molecule is NCC(=O)Nc1cccc(C(=O)N[C@@H](Cc2ccccc2)C(=O)N2CC=CCC2c2cccnc2)c1. The molecule has 2 aromatic carbocycles. The van der Waals surface area contributed by atoms with Crippen molar-refractivity contribution in [3.63, 3.8) is 0 Å². The standard InChI is InChI=1S/C28H29N5O3/c29-18-26(34)31-23-12-6-10-21(17-23)27(35)32-24(16-20-8-2-1-3-9-20)28(36)33-15-5-4-13-25(33)22-11-7-14-30-19-22/h1-12,14,17,19,24-25H,13,15-16,18,29H2,(H,31,34)(H,32,35)/t24-,25?/m0/s1. The zero-order valence-corrected chi connectivity index (χ0v) is 19.8. The second kappa shape index (κ2) is 11.9. The maximum absolute atomic E-state index is 13.9. The highest BCUT2D eigenvalue weighted by molar-refractivity contribution is 5.99. The minimum Gasteiger partial charge on any atom is -0.340 e. The largest absolute Gasteiger partial charge is 0.340 e. The van der Waals surface area contributed by atoms with Gasteiger partial charge < -0.3 is 21.3 Å². The van der Waals surface area contributed by atoms with E-state index in [9.17, 15) is 14.4 Å². The molecule has 4 rings (SSSR count). The summed E-state index contributed by atoms with van der Waals surface area (Å²) in [5.74, 6) is -0.930. The maximum atomic E-state index is 13.9. The molecular formula is C28H29N5O3. The molecule has 3 aromatic rings. The van der Waals surface area contributed by atoms with E-state index >= 15 is 0 Å². The second-order valence-corrected chi connectivity index (χ2v) is 8.55. The molecule has 2 heterocycles. The first-order chi connectivity index (χ1) is 17.5. The number of pyridine rings is 1. The van der Waals surface area contributed by atoms with Crippen LogP contribution in [0, 0.1) is 0 Å². The minimum absolute atomic E-state index is 0.160. The fourth-order valence-corrected chi connectivity index (χ4v) is 4.24. The van der Waals surface area contributed by atoms with E-state index in [2.05, 4.69) is 21.7 Å². The molecule has 36 heavy (non-hydrogen) atoms. The predicted molar refractivity (Wildman–Crippen MR) is 138 cm³/mol. The number of rotatable bonds is 8. The van der Waals surface area contributed by atoms with Gasteiger partial charge in [0.1, 0.15) is 6.04 Å². The Morgan fingerprint density at radius 3 is 2.61 bits per heavy atom. The second-order valence-electron chi connectivity index (χ2n) is 8.55. The number of nitrogens with two attached hydrogens (primary N) is 1. The summed E-state index contributed by atoms with van der Waals surface area (Å²) >= 11 is 0. The fourth-order valence-electron chi connectivity index (χ4n) is 4.24. The summed E-state index contributed by atoms with van der Waals surface area (Å²) in [6.45, 7) is 0.284. The molecule has 0 saturated heterocycles. The van der Waals surface area contributed by atoms with Crippen molar-refractivity contribution in [2.24, 2.45) is 5.73 Å². The Morgan fingerprint density at radius 2 is 1.86 bits per heavy atom. The lowest BCUT2D eigenvalue weighted by Gasteiger charge is -2.36. The first kappa shape index (κ1) is 24.8. The van der Waals surface area contributed by atoms with Gasteiger partial charge in [0.05, 0.1) is 12.6 Å². The zero-order chi connectivity index (χ0) is 25.3. The first-order valence-electron chi connectivity index (χ1n) is 11.9. The molecule has 4 N–H and O–H groups in total. The van der Waals surface area contributed by atoms with Gasteiger partial charge in [-0.15, -0.1) is 0 Å². The van der Waals surface area contributed by atoms with Gasteiger partial charge in [-0.1, -0.05) is 54.6 Å². The summed E-state index contributed by atoms with van der Waals surface area (Å²) in [5.41, 5.74) is 8.05. The lowest BCUT2D eigenvalue weighted by Crippen LogP contribution is -2.51. The normalized spacial score (nSPS) is 15.7. The topological polar surface area (TPSA) is 117 Å². The molecule has 0 spiro atoms. The van der Waals surface area contributed by atoms with Crippen molar-refractivity contribution in [3.8, 4) is 0 Å². The molecule has 184 valence electrons. The molecule has 0 radical (unpaired) electrons. The highest BCUT2D eigenvalue weighted by Crippen LogP contribution is 2.28. The molecule has 1 unspecified atom stereocenters. The van der Waals surface area contributed by atoms with E-state index in [-0.39, 0.29) is 24.4 Å². The van der Waals surface area contributed by atoms with Crippen molar-refractivity contribution >= 4 is 23.4 Å². The highest BCUT2D eigenvalue weighted by atomic mass is 16.2. The Bertz CT molecular complexity index is 1230. The molecular weight excluding hydrogens is 454 g/mol. The molecule has 1 aromatic heterocycles. The lowest BCUT2D eigenvalue weighted by atomic mass is 9.97. The number of aromatic nitrogens is 1. The third kappa shape index (κ3) is 6.22. The number of nitrogens with one attached hydrogen (secondary N) is 2. The Hall–Kier alpha value is -4.30. The van der Waals surface area contributed by atoms with Gasteiger partial charge >= 0.3 is 0 Å². The Labute approximate surface area is 210 Å². The van der Waals surface area contributed by atoms with Crippen LogP contribution in [0.4, 0.5) is 5.69 Å². The predicted octanol–water partition coefficient (Wildman–Crippen LogP) is 2.85. The molecule has 0 saturated carbocycles. The summed E-state index contributed by atoms with van der Waals surface area (Å²) in [5, 5.41) is 5.58. The summed E-state index contributed by atoms with van der Waals surface area (Å²) in [6.07, 6.45) is 8.53. The van der Waals surface area contributed by atoms with Gasteiger partial charge in [0, 0.05) is 36.6 Å². The van der Waals surface area contributed by atoms with Crippen LogP contribution in [0.2, 0.25) is 0 Å². The van der Waals surface area contributed by atoms with Crippen molar-refractivity contribution in [1.82, 2.24) is 15.2 Å². The molecule has 2 atom stereocenters. The third-order valence-corrected chi connectivity index (χ3v) is 6.04. The van der Waals surface area contributed by atoms with Crippen LogP contribution in [0.25, 0.3) is 0 Å². The molecule has 1 aliphatic heterocycles. The van der Waals surface area contributed by atoms with Gasteiger partial charge in [-0.2, -0.15) is 0 Å². The van der Waals surface area contributed by atoms with E-state index in [1.165, 1.54) is 0 Å². The van der Waals surface area contributed by atoms with E-state index < -0.39 is 11.9 Å². The summed E-state index contributed by atoms with van der Waals surface area (Å²) < 4.78 is 0. The maximum Gasteiger partial charge on any atom is 0.252 e. The summed E-state index contributed by atoms with van der Waals surface area (Å²) in [4.78, 5) is 44.8. The lowest BCUT2D eigenvalue weighted by molar-refractivity contribution is -0.135. The van der Waals surface area contributed by atoms with E-state index in [1.807, 2.05) is 48.5 Å². The average Bonchev–Trinajstić information content (AvgIpc) is 2.93. The average molecular weight is 484 g/mol. The van der Waals surface area contributed by atoms with E-state index in [4.69, 9.17) is 5.73 Å². The van der Waals surface area contributed by atoms with Crippen molar-refractivity contribution in [1.29, 1.82) is 0 Å². The number of benzene rings is 2. The van der Waals surface area contributed by atoms with Gasteiger partial charge in [0.15, 0.2) is 0 Å². The van der Waals surface area contributed by atoms with Crippen LogP contribution >= 0.6 is 0 Å². The number of hydrogen-bond donors (Lipinski definition) is 3. The van der Waals surface area contributed by atoms with E-state index in [1.54, 1.807) is 41.6 Å². The van der Waals surface area contributed by atoms with Crippen LogP contribution in [-0.4, -0.2) is 46.7 Å². The number of carbonyl (C=O) groups is 3. The van der Waals surface area contributed by atoms with Crippen molar-refractivity contribution in [2.75, 3.05) is 18.4 Å². The quantitative estimate of drug-likeness (QED) is 0.426. The monoisotopic (exact) mass is 483 g/mol. The minimum atomic E-state index is -0.784. The van der Waals surface area contributed by atoms with Gasteiger partial charge in [0.2, 0.25) is 11.8 Å². The number of anilines is 1. The molecule has 8 heteroatoms. The molecule has 0 fully saturated rings. The van der Waals surface area contributed by atoms with Crippen molar-refractivity contribution in [2.45, 2.75) is 24.9 Å². The van der Waals surface area contributed by atoms with Crippen molar-refractivity contribution in [3.05, 3.63) is 108 Å². The van der Waals surface area contributed by atoms with Crippen LogP contribution in [-0.2, 0) is 16.0 Å². The fraction of sp³-hybridized carbons (Fsp3) is 0.214. The van der Waals surface area contributed by atoms with Gasteiger partial charge in [-0.25, -0.2) is 0 Å². The third-order valence-electron chi connectivity index (χ3n) is 6.04. The Kier molecular flexibility index (Phi) is 8.20. The van der Waals surface area contributed by atoms with Crippen LogP contribution in [0.5, 0.6) is 0 Å². The van der Waals surface area contributed by atoms with Crippen molar-refractivity contribution < 1.29 is 14.4 Å². The smallest absolute Gasteiger partial charge is 0.252 e. The number of carbonyl (C=O) groups excluding carboxylic acids is 3. The summed E-state index contributed by atoms with van der Waals surface area (Å²) in [6, 6.07) is 19.0. The van der Waals surface area contributed by atoms with E-state index in [0.29, 0.717) is 30.6 Å². The first-order valence-corrected chi connectivity index (χ1v) is 11.9. The number of amides is 3. The molecule has 0 aliphatic carbocycles. The molecule has 0 bridgehead atoms. The number of hydrogen-bond acceptors (Lipinski definition) is 5. The summed E-state index contributed by atoms with van der Waals surface area (Å²) in [7, 11) is 0. The van der Waals surface area contributed by atoms with Gasteiger partial charge in [-0.3, -0.25) is 19.4 Å². The van der Waals surface area contributed by atoms with Gasteiger partial charge in [-0.05, 0) is 41.8 Å². The number of nitrogens with zero attached hydrogens (tertiary/aromatic N) is 2. The Morgan fingerprint density at radius 1 is 1.03 bits per heavy atom. The Balaban J connectivity index is 1.59. The molecule has 3 amide bonds.